The Kier molecular flexibility index (Phi) is 7.07. The van der Waals surface area contributed by atoms with E-state index in [4.69, 9.17) is 0 Å². The topological polar surface area (TPSA) is 66.4 Å². The SMILES string of the molecule is CC(C)C[C@H](NC(=O)[C@H](CO)C(C)(C)C)C(=O)C(C)(C)C. The minimum Gasteiger partial charge on any atom is -0.396 e. The van der Waals surface area contributed by atoms with Crippen LogP contribution in [0.5, 0.6) is 0 Å². The molecule has 0 unspecified atom stereocenters. The average molecular weight is 299 g/mol. The quantitative estimate of drug-likeness (QED) is 0.792. The Morgan fingerprint density at radius 3 is 1.81 bits per heavy atom. The molecule has 4 heteroatoms. The first-order valence-electron chi connectivity index (χ1n) is 7.76. The summed E-state index contributed by atoms with van der Waals surface area (Å²) in [5.41, 5.74) is -0.838. The number of ketones is 1. The van der Waals surface area contributed by atoms with Crippen LogP contribution >= 0.6 is 0 Å². The summed E-state index contributed by atoms with van der Waals surface area (Å²) in [6.07, 6.45) is 0.615. The minimum absolute atomic E-state index is 0.0372. The first-order chi connectivity index (χ1) is 9.30. The van der Waals surface area contributed by atoms with Crippen molar-refractivity contribution in [3.8, 4) is 0 Å². The van der Waals surface area contributed by atoms with Crippen molar-refractivity contribution >= 4 is 11.7 Å². The van der Waals surface area contributed by atoms with E-state index < -0.39 is 17.4 Å². The zero-order valence-corrected chi connectivity index (χ0v) is 14.9. The number of nitrogens with one attached hydrogen (secondary N) is 1. The molecule has 0 aromatic carbocycles. The third-order valence-electron chi connectivity index (χ3n) is 3.62. The van der Waals surface area contributed by atoms with E-state index in [-0.39, 0.29) is 23.7 Å². The van der Waals surface area contributed by atoms with Gasteiger partial charge in [0, 0.05) is 5.41 Å². The number of amides is 1. The van der Waals surface area contributed by atoms with E-state index >= 15 is 0 Å². The van der Waals surface area contributed by atoms with Gasteiger partial charge in [0.25, 0.3) is 0 Å². The van der Waals surface area contributed by atoms with Crippen LogP contribution in [0.15, 0.2) is 0 Å². The van der Waals surface area contributed by atoms with E-state index in [0.717, 1.165) is 0 Å². The van der Waals surface area contributed by atoms with Gasteiger partial charge in [0.2, 0.25) is 5.91 Å². The highest BCUT2D eigenvalue weighted by Gasteiger charge is 2.35. The minimum atomic E-state index is -0.514. The van der Waals surface area contributed by atoms with E-state index in [2.05, 4.69) is 5.32 Å². The third kappa shape index (κ3) is 6.60. The molecule has 4 nitrogen and oxygen atoms in total. The van der Waals surface area contributed by atoms with Gasteiger partial charge in [-0.3, -0.25) is 9.59 Å². The molecule has 0 saturated heterocycles. The van der Waals surface area contributed by atoms with Crippen molar-refractivity contribution in [3.05, 3.63) is 0 Å². The van der Waals surface area contributed by atoms with Crippen molar-refractivity contribution in [3.63, 3.8) is 0 Å². The standard InChI is InChI=1S/C17H33NO3/c1-11(2)9-13(14(20)17(6,7)8)18-15(21)12(10-19)16(3,4)5/h11-13,19H,9-10H2,1-8H3,(H,18,21)/t12-,13-/m0/s1. The van der Waals surface area contributed by atoms with Crippen LogP contribution in [0.25, 0.3) is 0 Å². The maximum absolute atomic E-state index is 12.5. The molecule has 0 rings (SSSR count). The maximum atomic E-state index is 12.5. The van der Waals surface area contributed by atoms with Crippen molar-refractivity contribution in [2.24, 2.45) is 22.7 Å². The summed E-state index contributed by atoms with van der Waals surface area (Å²) >= 11 is 0. The van der Waals surface area contributed by atoms with E-state index in [1.807, 2.05) is 55.4 Å². The van der Waals surface area contributed by atoms with Gasteiger partial charge in [-0.25, -0.2) is 0 Å². The number of carbonyl (C=O) groups excluding carboxylic acids is 2. The Hall–Kier alpha value is -0.900. The molecule has 0 aliphatic rings. The molecule has 0 aromatic rings. The summed E-state index contributed by atoms with van der Waals surface area (Å²) in [7, 11) is 0. The zero-order valence-electron chi connectivity index (χ0n) is 14.9. The molecule has 0 fully saturated rings. The Bertz CT molecular complexity index is 361. The van der Waals surface area contributed by atoms with E-state index in [9.17, 15) is 14.7 Å². The Balaban J connectivity index is 5.14. The fourth-order valence-corrected chi connectivity index (χ4v) is 2.25. The molecule has 21 heavy (non-hydrogen) atoms. The average Bonchev–Trinajstić information content (AvgIpc) is 2.23. The van der Waals surface area contributed by atoms with Gasteiger partial charge >= 0.3 is 0 Å². The summed E-state index contributed by atoms with van der Waals surface area (Å²) in [5, 5.41) is 12.3. The molecule has 0 radical (unpaired) electrons. The van der Waals surface area contributed by atoms with Gasteiger partial charge in [-0.2, -0.15) is 0 Å². The van der Waals surface area contributed by atoms with Gasteiger partial charge in [0.1, 0.15) is 0 Å². The number of hydrogen-bond donors (Lipinski definition) is 2. The van der Waals surface area contributed by atoms with Crippen LogP contribution in [0.2, 0.25) is 0 Å². The van der Waals surface area contributed by atoms with E-state index in [1.54, 1.807) is 0 Å². The molecule has 0 bridgehead atoms. The molecular weight excluding hydrogens is 266 g/mol. The largest absolute Gasteiger partial charge is 0.396 e. The summed E-state index contributed by atoms with van der Waals surface area (Å²) < 4.78 is 0. The van der Waals surface area contributed by atoms with Crippen LogP contribution in [-0.2, 0) is 9.59 Å². The van der Waals surface area contributed by atoms with Crippen LogP contribution in [0.3, 0.4) is 0 Å². The van der Waals surface area contributed by atoms with Crippen molar-refractivity contribution in [2.45, 2.75) is 67.9 Å². The molecule has 0 aliphatic heterocycles. The first kappa shape index (κ1) is 20.1. The lowest BCUT2D eigenvalue weighted by Crippen LogP contribution is -2.50. The first-order valence-corrected chi connectivity index (χ1v) is 7.76. The molecule has 124 valence electrons. The number of hydrogen-bond acceptors (Lipinski definition) is 3. The normalized spacial score (nSPS) is 15.7. The summed E-state index contributed by atoms with van der Waals surface area (Å²) in [4.78, 5) is 24.9. The fraction of sp³-hybridized carbons (Fsp3) is 0.882. The molecule has 0 spiro atoms. The highest BCUT2D eigenvalue weighted by Crippen LogP contribution is 2.27. The summed E-state index contributed by atoms with van der Waals surface area (Å²) in [5.74, 6) is -0.410. The molecule has 0 saturated carbocycles. The lowest BCUT2D eigenvalue weighted by molar-refractivity contribution is -0.137. The second-order valence-electron chi connectivity index (χ2n) is 8.41. The highest BCUT2D eigenvalue weighted by molar-refractivity contribution is 5.93. The number of aliphatic hydroxyl groups excluding tert-OH is 1. The zero-order chi connectivity index (χ0) is 17.0. The van der Waals surface area contributed by atoms with E-state index in [1.165, 1.54) is 0 Å². The molecule has 2 atom stereocenters. The van der Waals surface area contributed by atoms with Crippen molar-refractivity contribution in [1.29, 1.82) is 0 Å². The third-order valence-corrected chi connectivity index (χ3v) is 3.62. The number of Topliss-reactive ketones (excluding diaryl/α,β-unsaturated/α-hetero) is 1. The highest BCUT2D eigenvalue weighted by atomic mass is 16.3. The molecule has 2 N–H and O–H groups in total. The summed E-state index contributed by atoms with van der Waals surface area (Å²) in [6, 6.07) is -0.492. The molecule has 0 heterocycles. The fourth-order valence-electron chi connectivity index (χ4n) is 2.25. The van der Waals surface area contributed by atoms with Gasteiger partial charge in [0.15, 0.2) is 5.78 Å². The van der Waals surface area contributed by atoms with Gasteiger partial charge in [0.05, 0.1) is 18.6 Å². The van der Waals surface area contributed by atoms with E-state index in [0.29, 0.717) is 12.3 Å². The van der Waals surface area contributed by atoms with Gasteiger partial charge in [-0.05, 0) is 17.8 Å². The van der Waals surface area contributed by atoms with Gasteiger partial charge in [-0.15, -0.1) is 0 Å². The Morgan fingerprint density at radius 1 is 1.05 bits per heavy atom. The van der Waals surface area contributed by atoms with Crippen LogP contribution in [-0.4, -0.2) is 29.4 Å². The Morgan fingerprint density at radius 2 is 1.52 bits per heavy atom. The number of carbonyl (C=O) groups is 2. The van der Waals surface area contributed by atoms with Crippen LogP contribution in [0.1, 0.15) is 61.8 Å². The lowest BCUT2D eigenvalue weighted by atomic mass is 9.79. The molecule has 1 amide bonds. The second-order valence-corrected chi connectivity index (χ2v) is 8.41. The van der Waals surface area contributed by atoms with Crippen molar-refractivity contribution < 1.29 is 14.7 Å². The van der Waals surface area contributed by atoms with Gasteiger partial charge < -0.3 is 10.4 Å². The smallest absolute Gasteiger partial charge is 0.226 e. The number of aliphatic hydroxyl groups is 1. The molecular formula is C17H33NO3. The monoisotopic (exact) mass is 299 g/mol. The van der Waals surface area contributed by atoms with Crippen LogP contribution in [0.4, 0.5) is 0 Å². The van der Waals surface area contributed by atoms with Crippen LogP contribution in [0, 0.1) is 22.7 Å². The maximum Gasteiger partial charge on any atom is 0.226 e. The van der Waals surface area contributed by atoms with Crippen LogP contribution < -0.4 is 5.32 Å². The molecule has 0 aromatic heterocycles. The summed E-state index contributed by atoms with van der Waals surface area (Å²) in [6.45, 7) is 15.2. The van der Waals surface area contributed by atoms with Gasteiger partial charge in [-0.1, -0.05) is 55.4 Å². The second kappa shape index (κ2) is 7.39. The lowest BCUT2D eigenvalue weighted by Gasteiger charge is -2.32. The van der Waals surface area contributed by atoms with Crippen molar-refractivity contribution in [1.82, 2.24) is 5.32 Å². The predicted molar refractivity (Wildman–Crippen MR) is 85.9 cm³/mol. The number of rotatable bonds is 6. The Labute approximate surface area is 129 Å². The predicted octanol–water partition coefficient (Wildman–Crippen LogP) is 2.79. The molecule has 0 aliphatic carbocycles. The van der Waals surface area contributed by atoms with Crippen molar-refractivity contribution in [2.75, 3.05) is 6.61 Å².